The number of rotatable bonds is 7. The molecule has 0 saturated carbocycles. The van der Waals surface area contributed by atoms with Gasteiger partial charge in [0.25, 0.3) is 0 Å². The summed E-state index contributed by atoms with van der Waals surface area (Å²) in [5.74, 6) is 0.523. The summed E-state index contributed by atoms with van der Waals surface area (Å²) in [6.45, 7) is 3.91. The summed E-state index contributed by atoms with van der Waals surface area (Å²) in [7, 11) is 1.64. The highest BCUT2D eigenvalue weighted by atomic mass is 32.1. The van der Waals surface area contributed by atoms with Crippen LogP contribution in [0.3, 0.4) is 0 Å². The van der Waals surface area contributed by atoms with Crippen LogP contribution < -0.4 is 10.2 Å². The van der Waals surface area contributed by atoms with Crippen molar-refractivity contribution in [3.05, 3.63) is 29.6 Å². The zero-order valence-corrected chi connectivity index (χ0v) is 14.1. The molecule has 0 unspecified atom stereocenters. The summed E-state index contributed by atoms with van der Waals surface area (Å²) in [4.78, 5) is 15.8. The second-order valence-corrected chi connectivity index (χ2v) is 5.57. The van der Waals surface area contributed by atoms with Crippen LogP contribution in [-0.2, 0) is 9.53 Å². The van der Waals surface area contributed by atoms with Crippen molar-refractivity contribution in [1.29, 1.82) is 0 Å². The zero-order valence-electron chi connectivity index (χ0n) is 13.3. The van der Waals surface area contributed by atoms with Gasteiger partial charge in [-0.15, -0.1) is 11.3 Å². The summed E-state index contributed by atoms with van der Waals surface area (Å²) in [6.07, 6.45) is 0.164. The van der Waals surface area contributed by atoms with E-state index in [2.05, 4.69) is 15.5 Å². The predicted molar refractivity (Wildman–Crippen MR) is 92.1 cm³/mol. The normalized spacial score (nSPS) is 11.2. The molecular formula is C16H19N3O3S. The van der Waals surface area contributed by atoms with Crippen LogP contribution in [0.5, 0.6) is 5.75 Å². The Morgan fingerprint density at radius 2 is 2.09 bits per heavy atom. The topological polar surface area (TPSA) is 72.8 Å². The Balaban J connectivity index is 1.97. The largest absolute Gasteiger partial charge is 0.497 e. The second kappa shape index (κ2) is 8.28. The molecule has 0 bridgehead atoms. The van der Waals surface area contributed by atoms with Crippen LogP contribution in [0.15, 0.2) is 34.7 Å². The van der Waals surface area contributed by atoms with E-state index in [1.165, 1.54) is 11.3 Å². The van der Waals surface area contributed by atoms with Gasteiger partial charge in [0.05, 0.1) is 25.8 Å². The predicted octanol–water partition coefficient (Wildman–Crippen LogP) is 3.56. The number of hydrogen-bond donors (Lipinski definition) is 1. The number of benzene rings is 1. The van der Waals surface area contributed by atoms with E-state index in [4.69, 9.17) is 9.47 Å². The van der Waals surface area contributed by atoms with Crippen molar-refractivity contribution < 1.29 is 14.3 Å². The Labute approximate surface area is 139 Å². The fourth-order valence-corrected chi connectivity index (χ4v) is 2.48. The fraction of sp³-hybridized carbons (Fsp3) is 0.312. The molecule has 1 heterocycles. The van der Waals surface area contributed by atoms with E-state index in [9.17, 15) is 4.79 Å². The third-order valence-electron chi connectivity index (χ3n) is 2.94. The highest BCUT2D eigenvalue weighted by molar-refractivity contribution is 7.14. The van der Waals surface area contributed by atoms with Gasteiger partial charge in [0.2, 0.25) is 5.13 Å². The standard InChI is InChI=1S/C16H19N3O3S/c1-4-22-15(20)9-11(2)18-19-16-17-14(10-23-16)12-5-7-13(21-3)8-6-12/h5-8,10H,4,9H2,1-3H3,(H,17,19)/b18-11+. The lowest BCUT2D eigenvalue weighted by Crippen LogP contribution is -2.10. The highest BCUT2D eigenvalue weighted by Crippen LogP contribution is 2.26. The number of ether oxygens (including phenoxy) is 2. The molecule has 23 heavy (non-hydrogen) atoms. The van der Waals surface area contributed by atoms with Crippen molar-refractivity contribution in [3.8, 4) is 17.0 Å². The number of carbonyl (C=O) groups is 1. The number of thiazole rings is 1. The number of anilines is 1. The molecule has 0 fully saturated rings. The maximum Gasteiger partial charge on any atom is 0.311 e. The van der Waals surface area contributed by atoms with Gasteiger partial charge < -0.3 is 9.47 Å². The Kier molecular flexibility index (Phi) is 6.10. The first-order chi connectivity index (χ1) is 11.1. The number of esters is 1. The number of hydrogen-bond acceptors (Lipinski definition) is 7. The lowest BCUT2D eigenvalue weighted by Gasteiger charge is -2.02. The summed E-state index contributed by atoms with van der Waals surface area (Å²) < 4.78 is 10.0. The van der Waals surface area contributed by atoms with E-state index in [0.29, 0.717) is 17.5 Å². The number of aromatic nitrogens is 1. The Morgan fingerprint density at radius 3 is 2.74 bits per heavy atom. The molecular weight excluding hydrogens is 314 g/mol. The lowest BCUT2D eigenvalue weighted by molar-refractivity contribution is -0.141. The van der Waals surface area contributed by atoms with Gasteiger partial charge in [-0.25, -0.2) is 4.98 Å². The van der Waals surface area contributed by atoms with Crippen molar-refractivity contribution in [3.63, 3.8) is 0 Å². The number of carbonyl (C=O) groups excluding carboxylic acids is 1. The third-order valence-corrected chi connectivity index (χ3v) is 3.68. The molecule has 0 aliphatic heterocycles. The zero-order chi connectivity index (χ0) is 16.7. The molecule has 6 nitrogen and oxygen atoms in total. The van der Waals surface area contributed by atoms with Crippen molar-refractivity contribution in [2.24, 2.45) is 5.10 Å². The first kappa shape index (κ1) is 17.0. The van der Waals surface area contributed by atoms with Crippen molar-refractivity contribution >= 4 is 28.1 Å². The van der Waals surface area contributed by atoms with Crippen molar-refractivity contribution in [1.82, 2.24) is 4.98 Å². The number of methoxy groups -OCH3 is 1. The van der Waals surface area contributed by atoms with Gasteiger partial charge in [-0.05, 0) is 38.1 Å². The van der Waals surface area contributed by atoms with E-state index in [1.807, 2.05) is 29.6 Å². The molecule has 0 spiro atoms. The third kappa shape index (κ3) is 5.07. The summed E-state index contributed by atoms with van der Waals surface area (Å²) in [5.41, 5.74) is 5.37. The SMILES string of the molecule is CCOC(=O)C/C(C)=N/Nc1nc(-c2ccc(OC)cc2)cs1. The van der Waals surface area contributed by atoms with Gasteiger partial charge in [-0.3, -0.25) is 10.2 Å². The molecule has 2 aromatic rings. The van der Waals surface area contributed by atoms with Gasteiger partial charge >= 0.3 is 5.97 Å². The Morgan fingerprint density at radius 1 is 1.35 bits per heavy atom. The van der Waals surface area contributed by atoms with E-state index in [0.717, 1.165) is 17.0 Å². The number of nitrogens with zero attached hydrogens (tertiary/aromatic N) is 2. The maximum atomic E-state index is 11.4. The molecule has 1 aromatic heterocycles. The molecule has 0 amide bonds. The lowest BCUT2D eigenvalue weighted by atomic mass is 10.2. The number of nitrogens with one attached hydrogen (secondary N) is 1. The molecule has 7 heteroatoms. The van der Waals surface area contributed by atoms with Crippen molar-refractivity contribution in [2.75, 3.05) is 19.1 Å². The van der Waals surface area contributed by atoms with Crippen molar-refractivity contribution in [2.45, 2.75) is 20.3 Å². The molecule has 0 saturated heterocycles. The quantitative estimate of drug-likeness (QED) is 0.476. The van der Waals surface area contributed by atoms with Gasteiger partial charge in [0, 0.05) is 16.7 Å². The molecule has 122 valence electrons. The Bertz CT molecular complexity index is 680. The molecule has 0 radical (unpaired) electrons. The van der Waals surface area contributed by atoms with Gasteiger partial charge in [-0.1, -0.05) is 0 Å². The summed E-state index contributed by atoms with van der Waals surface area (Å²) in [5, 5.41) is 6.76. The average Bonchev–Trinajstić information content (AvgIpc) is 3.02. The van der Waals surface area contributed by atoms with Crippen LogP contribution in [0.1, 0.15) is 20.3 Å². The smallest absolute Gasteiger partial charge is 0.311 e. The van der Waals surface area contributed by atoms with E-state index in [1.54, 1.807) is 21.0 Å². The minimum Gasteiger partial charge on any atom is -0.497 e. The van der Waals surface area contributed by atoms with Crippen LogP contribution >= 0.6 is 11.3 Å². The van der Waals surface area contributed by atoms with Gasteiger partial charge in [0.15, 0.2) is 0 Å². The molecule has 2 rings (SSSR count). The van der Waals surface area contributed by atoms with Gasteiger partial charge in [-0.2, -0.15) is 5.10 Å². The molecule has 0 aliphatic rings. The van der Waals surface area contributed by atoms with E-state index in [-0.39, 0.29) is 12.4 Å². The number of hydrazone groups is 1. The average molecular weight is 333 g/mol. The Hall–Kier alpha value is -2.41. The molecule has 1 aromatic carbocycles. The first-order valence-corrected chi connectivity index (χ1v) is 8.05. The van der Waals surface area contributed by atoms with Crippen LogP contribution in [0.2, 0.25) is 0 Å². The van der Waals surface area contributed by atoms with Crippen LogP contribution in [0.4, 0.5) is 5.13 Å². The molecule has 1 N–H and O–H groups in total. The van der Waals surface area contributed by atoms with E-state index < -0.39 is 0 Å². The minimum atomic E-state index is -0.284. The monoisotopic (exact) mass is 333 g/mol. The van der Waals surface area contributed by atoms with Crippen LogP contribution in [-0.4, -0.2) is 30.4 Å². The fourth-order valence-electron chi connectivity index (χ4n) is 1.82. The summed E-state index contributed by atoms with van der Waals surface area (Å²) in [6, 6.07) is 7.69. The molecule has 0 atom stereocenters. The van der Waals surface area contributed by atoms with E-state index >= 15 is 0 Å². The summed E-state index contributed by atoms with van der Waals surface area (Å²) >= 11 is 1.45. The van der Waals surface area contributed by atoms with Gasteiger partial charge in [0.1, 0.15) is 5.75 Å². The van der Waals surface area contributed by atoms with Crippen LogP contribution in [0.25, 0.3) is 11.3 Å². The molecule has 0 aliphatic carbocycles. The maximum absolute atomic E-state index is 11.4. The van der Waals surface area contributed by atoms with Crippen LogP contribution in [0, 0.1) is 0 Å². The first-order valence-electron chi connectivity index (χ1n) is 7.17. The minimum absolute atomic E-state index is 0.164. The highest BCUT2D eigenvalue weighted by Gasteiger charge is 2.06. The second-order valence-electron chi connectivity index (χ2n) is 4.71.